The van der Waals surface area contributed by atoms with Crippen molar-refractivity contribution in [2.45, 2.75) is 13.8 Å². The van der Waals surface area contributed by atoms with Gasteiger partial charge in [0.15, 0.2) is 4.77 Å². The lowest BCUT2D eigenvalue weighted by molar-refractivity contribution is 1.14. The molecule has 1 heterocycles. The number of nitrogens with zero attached hydrogens (tertiary/aromatic N) is 1. The van der Waals surface area contributed by atoms with Crippen LogP contribution >= 0.6 is 12.2 Å². The van der Waals surface area contributed by atoms with Gasteiger partial charge in [0.25, 0.3) is 0 Å². The number of H-pyrrole nitrogens is 1. The Morgan fingerprint density at radius 2 is 1.80 bits per heavy atom. The second-order valence-electron chi connectivity index (χ2n) is 3.67. The first kappa shape index (κ1) is 10.1. The smallest absolute Gasteiger partial charge is 0.197 e. The molecule has 0 saturated carbocycles. The van der Waals surface area contributed by atoms with Gasteiger partial charge in [0.1, 0.15) is 0 Å². The Hall–Kier alpha value is -1.48. The average molecular weight is 216 g/mol. The van der Waals surface area contributed by atoms with E-state index in [0.29, 0.717) is 4.77 Å². The molecule has 0 fully saturated rings. The largest absolute Gasteiger partial charge is 0.330 e. The summed E-state index contributed by atoms with van der Waals surface area (Å²) >= 11 is 5.00. The molecule has 2 rings (SSSR count). The van der Waals surface area contributed by atoms with Crippen molar-refractivity contribution >= 4 is 12.2 Å². The van der Waals surface area contributed by atoms with E-state index in [1.165, 1.54) is 11.1 Å². The van der Waals surface area contributed by atoms with E-state index in [0.717, 1.165) is 11.3 Å². The molecule has 0 radical (unpaired) electrons. The van der Waals surface area contributed by atoms with Gasteiger partial charge < -0.3 is 4.98 Å². The standard InChI is InChI=1S/C12H12N2S/c1-8-5-9(2)7-10(6-8)11-3-4-13-12(15)14-11/h3-7H,1-2H3,(H,13,14,15). The molecule has 0 atom stereocenters. The van der Waals surface area contributed by atoms with Crippen molar-refractivity contribution in [2.24, 2.45) is 0 Å². The molecule has 1 aromatic carbocycles. The predicted molar refractivity (Wildman–Crippen MR) is 64.3 cm³/mol. The summed E-state index contributed by atoms with van der Waals surface area (Å²) in [6.07, 6.45) is 1.73. The number of aromatic amines is 1. The van der Waals surface area contributed by atoms with Crippen LogP contribution in [0.25, 0.3) is 11.3 Å². The zero-order valence-electron chi connectivity index (χ0n) is 8.74. The van der Waals surface area contributed by atoms with Crippen LogP contribution in [0, 0.1) is 18.6 Å². The van der Waals surface area contributed by atoms with Crippen LogP contribution in [0.1, 0.15) is 11.1 Å². The van der Waals surface area contributed by atoms with Crippen LogP contribution < -0.4 is 0 Å². The van der Waals surface area contributed by atoms with Gasteiger partial charge in [-0.05, 0) is 49.8 Å². The van der Waals surface area contributed by atoms with Crippen molar-refractivity contribution in [3.05, 3.63) is 46.4 Å². The number of aryl methyl sites for hydroxylation is 2. The van der Waals surface area contributed by atoms with Gasteiger partial charge in [-0.3, -0.25) is 0 Å². The van der Waals surface area contributed by atoms with Crippen molar-refractivity contribution in [2.75, 3.05) is 0 Å². The first-order chi connectivity index (χ1) is 7.15. The number of hydrogen-bond donors (Lipinski definition) is 1. The summed E-state index contributed by atoms with van der Waals surface area (Å²) in [4.78, 5) is 7.05. The number of aromatic nitrogens is 2. The molecule has 2 aromatic rings. The lowest BCUT2D eigenvalue weighted by Crippen LogP contribution is -1.88. The molecule has 0 spiro atoms. The third-order valence-corrected chi connectivity index (χ3v) is 2.41. The molecule has 3 heteroatoms. The van der Waals surface area contributed by atoms with Crippen LogP contribution in [-0.2, 0) is 0 Å². The van der Waals surface area contributed by atoms with Gasteiger partial charge in [-0.15, -0.1) is 0 Å². The number of hydrogen-bond acceptors (Lipinski definition) is 2. The molecule has 0 bridgehead atoms. The molecule has 0 unspecified atom stereocenters. The Morgan fingerprint density at radius 3 is 2.40 bits per heavy atom. The highest BCUT2D eigenvalue weighted by molar-refractivity contribution is 7.71. The maximum absolute atomic E-state index is 5.00. The Kier molecular flexibility index (Phi) is 2.64. The molecule has 76 valence electrons. The van der Waals surface area contributed by atoms with E-state index in [2.05, 4.69) is 42.0 Å². The van der Waals surface area contributed by atoms with Crippen molar-refractivity contribution in [3.63, 3.8) is 0 Å². The average Bonchev–Trinajstić information content (AvgIpc) is 2.16. The summed E-state index contributed by atoms with van der Waals surface area (Å²) in [6, 6.07) is 8.35. The van der Waals surface area contributed by atoms with E-state index in [1.54, 1.807) is 6.20 Å². The molecule has 2 nitrogen and oxygen atoms in total. The van der Waals surface area contributed by atoms with E-state index in [1.807, 2.05) is 6.07 Å². The molecule has 1 N–H and O–H groups in total. The maximum Gasteiger partial charge on any atom is 0.197 e. The Labute approximate surface area is 94.0 Å². The molecule has 0 aliphatic carbocycles. The van der Waals surface area contributed by atoms with Crippen LogP contribution in [0.15, 0.2) is 30.5 Å². The molecular formula is C12H12N2S. The second-order valence-corrected chi connectivity index (χ2v) is 4.05. The SMILES string of the molecule is Cc1cc(C)cc(-c2ccnc(=S)[nH]2)c1. The van der Waals surface area contributed by atoms with Gasteiger partial charge in [-0.1, -0.05) is 17.2 Å². The molecule has 0 aliphatic heterocycles. The van der Waals surface area contributed by atoms with Crippen LogP contribution in [0.5, 0.6) is 0 Å². The quantitative estimate of drug-likeness (QED) is 0.740. The minimum Gasteiger partial charge on any atom is -0.330 e. The van der Waals surface area contributed by atoms with E-state index < -0.39 is 0 Å². The summed E-state index contributed by atoms with van der Waals surface area (Å²) in [5.41, 5.74) is 4.67. The molecule has 0 aliphatic rings. The van der Waals surface area contributed by atoms with Gasteiger partial charge in [-0.25, -0.2) is 4.98 Å². The highest BCUT2D eigenvalue weighted by Crippen LogP contribution is 2.19. The monoisotopic (exact) mass is 216 g/mol. The first-order valence-corrected chi connectivity index (χ1v) is 5.20. The van der Waals surface area contributed by atoms with E-state index in [-0.39, 0.29) is 0 Å². The zero-order valence-corrected chi connectivity index (χ0v) is 9.56. The van der Waals surface area contributed by atoms with E-state index >= 15 is 0 Å². The number of nitrogens with one attached hydrogen (secondary N) is 1. The van der Waals surface area contributed by atoms with Crippen LogP contribution in [0.4, 0.5) is 0 Å². The second kappa shape index (κ2) is 3.95. The molecular weight excluding hydrogens is 204 g/mol. The Bertz CT molecular complexity index is 523. The van der Waals surface area contributed by atoms with E-state index in [9.17, 15) is 0 Å². The third kappa shape index (κ3) is 2.30. The summed E-state index contributed by atoms with van der Waals surface area (Å²) in [5.74, 6) is 0. The lowest BCUT2D eigenvalue weighted by Gasteiger charge is -2.04. The zero-order chi connectivity index (χ0) is 10.8. The fraction of sp³-hybridized carbons (Fsp3) is 0.167. The molecule has 1 aromatic heterocycles. The first-order valence-electron chi connectivity index (χ1n) is 4.79. The molecule has 15 heavy (non-hydrogen) atoms. The summed E-state index contributed by atoms with van der Waals surface area (Å²) < 4.78 is 0.520. The Balaban J connectivity index is 2.58. The summed E-state index contributed by atoms with van der Waals surface area (Å²) in [7, 11) is 0. The topological polar surface area (TPSA) is 28.7 Å². The fourth-order valence-electron chi connectivity index (χ4n) is 1.67. The molecule has 0 amide bonds. The van der Waals surface area contributed by atoms with Gasteiger partial charge in [0, 0.05) is 11.9 Å². The van der Waals surface area contributed by atoms with Crippen LogP contribution in [0.3, 0.4) is 0 Å². The highest BCUT2D eigenvalue weighted by Gasteiger charge is 1.99. The van der Waals surface area contributed by atoms with Crippen molar-refractivity contribution in [1.29, 1.82) is 0 Å². The highest BCUT2D eigenvalue weighted by atomic mass is 32.1. The predicted octanol–water partition coefficient (Wildman–Crippen LogP) is 3.42. The van der Waals surface area contributed by atoms with Gasteiger partial charge in [0.05, 0.1) is 0 Å². The number of rotatable bonds is 1. The normalized spacial score (nSPS) is 10.3. The van der Waals surface area contributed by atoms with Gasteiger partial charge in [-0.2, -0.15) is 0 Å². The fourth-order valence-corrected chi connectivity index (χ4v) is 1.84. The van der Waals surface area contributed by atoms with E-state index in [4.69, 9.17) is 12.2 Å². The molecule has 0 saturated heterocycles. The summed E-state index contributed by atoms with van der Waals surface area (Å²) in [5, 5.41) is 0. The lowest BCUT2D eigenvalue weighted by atomic mass is 10.1. The van der Waals surface area contributed by atoms with Crippen molar-refractivity contribution in [1.82, 2.24) is 9.97 Å². The van der Waals surface area contributed by atoms with Gasteiger partial charge in [0.2, 0.25) is 0 Å². The minimum absolute atomic E-state index is 0.520. The van der Waals surface area contributed by atoms with Crippen LogP contribution in [0.2, 0.25) is 0 Å². The van der Waals surface area contributed by atoms with Crippen molar-refractivity contribution < 1.29 is 0 Å². The summed E-state index contributed by atoms with van der Waals surface area (Å²) in [6.45, 7) is 4.18. The van der Waals surface area contributed by atoms with Crippen molar-refractivity contribution in [3.8, 4) is 11.3 Å². The number of benzene rings is 1. The minimum atomic E-state index is 0.520. The Morgan fingerprint density at radius 1 is 1.13 bits per heavy atom. The third-order valence-electron chi connectivity index (χ3n) is 2.21. The van der Waals surface area contributed by atoms with Gasteiger partial charge >= 0.3 is 0 Å². The van der Waals surface area contributed by atoms with Crippen LogP contribution in [-0.4, -0.2) is 9.97 Å². The maximum atomic E-state index is 5.00.